The summed E-state index contributed by atoms with van der Waals surface area (Å²) >= 11 is 0. The molecule has 3 aliphatic rings. The molecule has 32 heavy (non-hydrogen) atoms. The van der Waals surface area contributed by atoms with Crippen LogP contribution in [0.15, 0.2) is 18.2 Å². The Morgan fingerprint density at radius 2 is 1.94 bits per heavy atom. The summed E-state index contributed by atoms with van der Waals surface area (Å²) in [6.45, 7) is 1.04. The van der Waals surface area contributed by atoms with Gasteiger partial charge in [0.2, 0.25) is 11.8 Å². The summed E-state index contributed by atoms with van der Waals surface area (Å²) in [4.78, 5) is 64.9. The zero-order valence-corrected chi connectivity index (χ0v) is 17.9. The van der Waals surface area contributed by atoms with Crippen molar-refractivity contribution in [2.75, 3.05) is 27.2 Å². The number of rotatable bonds is 4. The molecule has 11 nitrogen and oxygen atoms in total. The number of hydrogen-bond donors (Lipinski definition) is 2. The minimum absolute atomic E-state index is 0.136. The van der Waals surface area contributed by atoms with Crippen molar-refractivity contribution in [3.63, 3.8) is 0 Å². The number of carbonyl (C=O) groups excluding carboxylic acids is 5. The Bertz CT molecular complexity index is 1000. The second-order valence-electron chi connectivity index (χ2n) is 8.52. The zero-order chi connectivity index (χ0) is 23.2. The number of nitrogens with two attached hydrogens (primary N) is 1. The maximum Gasteiger partial charge on any atom is 0.405 e. The predicted octanol–water partition coefficient (Wildman–Crippen LogP) is 0.197. The fraction of sp³-hybridized carbons (Fsp3) is 0.476. The lowest BCUT2D eigenvalue weighted by atomic mass is 9.88. The van der Waals surface area contributed by atoms with Gasteiger partial charge in [-0.15, -0.1) is 0 Å². The molecule has 4 rings (SSSR count). The van der Waals surface area contributed by atoms with E-state index in [1.165, 1.54) is 9.80 Å². The van der Waals surface area contributed by atoms with Crippen LogP contribution in [0.5, 0.6) is 0 Å². The largest absolute Gasteiger partial charge is 0.441 e. The molecule has 2 saturated heterocycles. The number of fused-ring (bicyclic) bond motifs is 1. The van der Waals surface area contributed by atoms with E-state index < -0.39 is 24.1 Å². The van der Waals surface area contributed by atoms with E-state index in [-0.39, 0.29) is 43.1 Å². The Labute approximate surface area is 184 Å². The molecule has 6 amide bonds. The second-order valence-corrected chi connectivity index (χ2v) is 8.52. The number of likely N-dealkylation sites (tertiary alicyclic amines) is 1. The highest BCUT2D eigenvalue weighted by molar-refractivity contribution is 6.05. The molecule has 0 aliphatic carbocycles. The Kier molecular flexibility index (Phi) is 5.49. The van der Waals surface area contributed by atoms with Gasteiger partial charge < -0.3 is 25.2 Å². The highest BCUT2D eigenvalue weighted by Crippen LogP contribution is 2.36. The lowest BCUT2D eigenvalue weighted by Gasteiger charge is -2.43. The van der Waals surface area contributed by atoms with E-state index in [2.05, 4.69) is 5.32 Å². The first-order valence-corrected chi connectivity index (χ1v) is 10.4. The Hall–Kier alpha value is -3.63. The van der Waals surface area contributed by atoms with E-state index in [4.69, 9.17) is 10.5 Å². The molecule has 3 N–H and O–H groups in total. The number of primary amides is 1. The van der Waals surface area contributed by atoms with Crippen LogP contribution in [0.3, 0.4) is 0 Å². The van der Waals surface area contributed by atoms with Crippen molar-refractivity contribution in [3.05, 3.63) is 34.9 Å². The SMILES string of the molecule is CN(C)C(=O)N1CC(C(OC(N)=O)c2ccc3c(c2)C(=O)N(C2CCC(=O)NC2=O)C3)C1. The second kappa shape index (κ2) is 8.13. The lowest BCUT2D eigenvalue weighted by molar-refractivity contribution is -0.136. The van der Waals surface area contributed by atoms with Gasteiger partial charge in [-0.25, -0.2) is 9.59 Å². The number of amides is 6. The van der Waals surface area contributed by atoms with Gasteiger partial charge in [0.05, 0.1) is 0 Å². The van der Waals surface area contributed by atoms with Crippen molar-refractivity contribution in [2.45, 2.75) is 31.5 Å². The number of nitrogens with zero attached hydrogens (tertiary/aromatic N) is 3. The highest BCUT2D eigenvalue weighted by Gasteiger charge is 2.42. The van der Waals surface area contributed by atoms with E-state index in [1.807, 2.05) is 0 Å². The van der Waals surface area contributed by atoms with Gasteiger partial charge in [0.15, 0.2) is 0 Å². The fourth-order valence-corrected chi connectivity index (χ4v) is 4.45. The monoisotopic (exact) mass is 443 g/mol. The number of imide groups is 1. The van der Waals surface area contributed by atoms with Crippen LogP contribution >= 0.6 is 0 Å². The van der Waals surface area contributed by atoms with Gasteiger partial charge in [-0.2, -0.15) is 0 Å². The molecular weight excluding hydrogens is 418 g/mol. The normalized spacial score (nSPS) is 21.6. The molecule has 2 atom stereocenters. The summed E-state index contributed by atoms with van der Waals surface area (Å²) in [7, 11) is 3.32. The van der Waals surface area contributed by atoms with Crippen LogP contribution in [0.25, 0.3) is 0 Å². The third-order valence-corrected chi connectivity index (χ3v) is 6.11. The van der Waals surface area contributed by atoms with Crippen LogP contribution in [-0.2, 0) is 20.9 Å². The Morgan fingerprint density at radius 3 is 2.56 bits per heavy atom. The molecule has 2 fully saturated rings. The van der Waals surface area contributed by atoms with E-state index in [0.717, 1.165) is 5.56 Å². The number of piperidine rings is 1. The van der Waals surface area contributed by atoms with E-state index >= 15 is 0 Å². The van der Waals surface area contributed by atoms with Crippen LogP contribution in [0.4, 0.5) is 9.59 Å². The minimum atomic E-state index is -0.940. The predicted molar refractivity (Wildman–Crippen MR) is 110 cm³/mol. The number of nitrogens with one attached hydrogen (secondary N) is 1. The first-order chi connectivity index (χ1) is 15.2. The molecule has 0 saturated carbocycles. The first kappa shape index (κ1) is 21.6. The van der Waals surface area contributed by atoms with Crippen molar-refractivity contribution in [3.8, 4) is 0 Å². The standard InChI is InChI=1S/C21H25N5O6/c1-24(2)21(31)25-8-13(9-25)17(32-20(22)30)11-3-4-12-10-26(19(29)14(12)7-11)15-5-6-16(27)23-18(15)28/h3-4,7,13,15,17H,5-6,8-10H2,1-2H3,(H2,22,30)(H,23,27,28). The molecule has 0 radical (unpaired) electrons. The molecule has 170 valence electrons. The third-order valence-electron chi connectivity index (χ3n) is 6.11. The van der Waals surface area contributed by atoms with Crippen molar-refractivity contribution >= 4 is 29.8 Å². The molecule has 11 heteroatoms. The number of ether oxygens (including phenoxy) is 1. The highest BCUT2D eigenvalue weighted by atomic mass is 16.6. The van der Waals surface area contributed by atoms with Crippen LogP contribution < -0.4 is 11.1 Å². The van der Waals surface area contributed by atoms with Gasteiger partial charge in [-0.1, -0.05) is 12.1 Å². The summed E-state index contributed by atoms with van der Waals surface area (Å²) < 4.78 is 5.36. The van der Waals surface area contributed by atoms with Crippen molar-refractivity contribution in [1.82, 2.24) is 20.0 Å². The van der Waals surface area contributed by atoms with Crippen molar-refractivity contribution in [1.29, 1.82) is 0 Å². The van der Waals surface area contributed by atoms with Gasteiger partial charge in [-0.3, -0.25) is 19.7 Å². The molecule has 3 heterocycles. The molecule has 0 spiro atoms. The quantitative estimate of drug-likeness (QED) is 0.637. The van der Waals surface area contributed by atoms with Gasteiger partial charge in [0.25, 0.3) is 5.91 Å². The van der Waals surface area contributed by atoms with E-state index in [9.17, 15) is 24.0 Å². The average molecular weight is 443 g/mol. The van der Waals surface area contributed by atoms with Crippen molar-refractivity contribution < 1.29 is 28.7 Å². The summed E-state index contributed by atoms with van der Waals surface area (Å²) in [5.41, 5.74) is 7.05. The number of carbonyl (C=O) groups is 5. The Morgan fingerprint density at radius 1 is 1.22 bits per heavy atom. The van der Waals surface area contributed by atoms with E-state index in [0.29, 0.717) is 24.2 Å². The topological polar surface area (TPSA) is 142 Å². The average Bonchev–Trinajstić information content (AvgIpc) is 3.01. The first-order valence-electron chi connectivity index (χ1n) is 10.4. The lowest BCUT2D eigenvalue weighted by Crippen LogP contribution is -2.55. The van der Waals surface area contributed by atoms with Gasteiger partial charge in [-0.05, 0) is 23.6 Å². The number of hydrogen-bond acceptors (Lipinski definition) is 6. The third kappa shape index (κ3) is 3.85. The number of benzene rings is 1. The smallest absolute Gasteiger partial charge is 0.405 e. The summed E-state index contributed by atoms with van der Waals surface area (Å²) in [5.74, 6) is -1.29. The van der Waals surface area contributed by atoms with Crippen LogP contribution in [0.2, 0.25) is 0 Å². The maximum atomic E-state index is 13.1. The van der Waals surface area contributed by atoms with E-state index in [1.54, 1.807) is 37.2 Å². The van der Waals surface area contributed by atoms with Gasteiger partial charge in [0.1, 0.15) is 12.1 Å². The molecule has 3 aliphatic heterocycles. The molecular formula is C21H25N5O6. The summed E-state index contributed by atoms with van der Waals surface area (Å²) in [6, 6.07) is 4.36. The fourth-order valence-electron chi connectivity index (χ4n) is 4.45. The van der Waals surface area contributed by atoms with Crippen LogP contribution in [-0.4, -0.2) is 77.8 Å². The Balaban J connectivity index is 1.53. The van der Waals surface area contributed by atoms with Crippen LogP contribution in [0.1, 0.15) is 40.4 Å². The van der Waals surface area contributed by atoms with Crippen molar-refractivity contribution in [2.24, 2.45) is 11.7 Å². The van der Waals surface area contributed by atoms with Gasteiger partial charge >= 0.3 is 12.1 Å². The van der Waals surface area contributed by atoms with Gasteiger partial charge in [0, 0.05) is 51.6 Å². The summed E-state index contributed by atoms with van der Waals surface area (Å²) in [6.07, 6.45) is -1.19. The number of urea groups is 1. The zero-order valence-electron chi connectivity index (χ0n) is 17.9. The molecule has 0 bridgehead atoms. The maximum absolute atomic E-state index is 13.1. The summed E-state index contributed by atoms with van der Waals surface area (Å²) in [5, 5.41) is 2.28. The van der Waals surface area contributed by atoms with Crippen LogP contribution in [0, 0.1) is 5.92 Å². The minimum Gasteiger partial charge on any atom is -0.441 e. The molecule has 1 aromatic carbocycles. The molecule has 2 unspecified atom stereocenters. The molecule has 1 aromatic rings. The molecule has 0 aromatic heterocycles.